The molecule has 6 heteroatoms. The van der Waals surface area contributed by atoms with Crippen molar-refractivity contribution in [3.8, 4) is 0 Å². The molecule has 0 saturated carbocycles. The molecule has 1 aromatic carbocycles. The van der Waals surface area contributed by atoms with Crippen molar-refractivity contribution in [2.75, 3.05) is 31.7 Å². The molecule has 0 radical (unpaired) electrons. The number of anilines is 2. The lowest BCUT2D eigenvalue weighted by molar-refractivity contribution is 0.0943. The third-order valence-electron chi connectivity index (χ3n) is 3.86. The second-order valence-corrected chi connectivity index (χ2v) is 5.39. The first-order valence-corrected chi connectivity index (χ1v) is 7.74. The fraction of sp³-hybridized carbons (Fsp3) is 0.353. The molecule has 1 aliphatic heterocycles. The van der Waals surface area contributed by atoms with Gasteiger partial charge in [-0.3, -0.25) is 4.79 Å². The van der Waals surface area contributed by atoms with Gasteiger partial charge in [0.25, 0.3) is 5.91 Å². The number of nitrogens with zero attached hydrogens (tertiary/aromatic N) is 3. The van der Waals surface area contributed by atoms with Gasteiger partial charge in [-0.1, -0.05) is 18.2 Å². The Hall–Kier alpha value is -2.47. The van der Waals surface area contributed by atoms with Crippen molar-refractivity contribution < 1.29 is 9.53 Å². The molecule has 1 aromatic heterocycles. The Labute approximate surface area is 135 Å². The molecule has 3 rings (SSSR count). The summed E-state index contributed by atoms with van der Waals surface area (Å²) >= 11 is 0. The average Bonchev–Trinajstić information content (AvgIpc) is 3.03. The van der Waals surface area contributed by atoms with Gasteiger partial charge in [0.1, 0.15) is 17.8 Å². The molecule has 0 fully saturated rings. The van der Waals surface area contributed by atoms with Crippen molar-refractivity contribution in [2.45, 2.75) is 12.8 Å². The molecule has 0 bridgehead atoms. The molecule has 1 aliphatic rings. The smallest absolute Gasteiger partial charge is 0.270 e. The Morgan fingerprint density at radius 1 is 1.35 bits per heavy atom. The third-order valence-corrected chi connectivity index (χ3v) is 3.86. The van der Waals surface area contributed by atoms with Crippen LogP contribution in [-0.2, 0) is 11.2 Å². The number of methoxy groups -OCH3 is 1. The van der Waals surface area contributed by atoms with Crippen molar-refractivity contribution in [1.29, 1.82) is 0 Å². The highest BCUT2D eigenvalue weighted by Gasteiger charge is 2.21. The van der Waals surface area contributed by atoms with Gasteiger partial charge in [-0.2, -0.15) is 0 Å². The van der Waals surface area contributed by atoms with Crippen molar-refractivity contribution in [1.82, 2.24) is 15.3 Å². The van der Waals surface area contributed by atoms with E-state index in [4.69, 9.17) is 4.74 Å². The summed E-state index contributed by atoms with van der Waals surface area (Å²) in [5.74, 6) is 0.573. The van der Waals surface area contributed by atoms with E-state index in [0.717, 1.165) is 30.9 Å². The highest BCUT2D eigenvalue weighted by atomic mass is 16.5. The lowest BCUT2D eigenvalue weighted by Gasteiger charge is -2.18. The number of hydrogen-bond donors (Lipinski definition) is 1. The second kappa shape index (κ2) is 7.19. The fourth-order valence-electron chi connectivity index (χ4n) is 2.70. The van der Waals surface area contributed by atoms with Gasteiger partial charge in [-0.25, -0.2) is 9.97 Å². The summed E-state index contributed by atoms with van der Waals surface area (Å²) in [5, 5.41) is 2.84. The fourth-order valence-corrected chi connectivity index (χ4v) is 2.70. The van der Waals surface area contributed by atoms with Crippen molar-refractivity contribution in [2.24, 2.45) is 0 Å². The van der Waals surface area contributed by atoms with E-state index < -0.39 is 0 Å². The summed E-state index contributed by atoms with van der Waals surface area (Å²) < 4.78 is 4.97. The minimum Gasteiger partial charge on any atom is -0.385 e. The molecule has 1 N–H and O–H groups in total. The molecule has 120 valence electrons. The van der Waals surface area contributed by atoms with Gasteiger partial charge in [0, 0.05) is 38.6 Å². The molecule has 23 heavy (non-hydrogen) atoms. The largest absolute Gasteiger partial charge is 0.385 e. The number of amides is 1. The summed E-state index contributed by atoms with van der Waals surface area (Å²) in [6.07, 6.45) is 3.21. The van der Waals surface area contributed by atoms with Crippen LogP contribution in [0.25, 0.3) is 0 Å². The molecule has 6 nitrogen and oxygen atoms in total. The molecule has 0 saturated heterocycles. The van der Waals surface area contributed by atoms with Crippen LogP contribution in [0.3, 0.4) is 0 Å². The zero-order valence-corrected chi connectivity index (χ0v) is 13.2. The number of rotatable bonds is 6. The monoisotopic (exact) mass is 312 g/mol. The minimum absolute atomic E-state index is 0.183. The third kappa shape index (κ3) is 3.48. The highest BCUT2D eigenvalue weighted by molar-refractivity contribution is 5.93. The van der Waals surface area contributed by atoms with Crippen LogP contribution in [0.5, 0.6) is 0 Å². The predicted octanol–water partition coefficient (Wildman–Crippen LogP) is 1.94. The number of benzene rings is 1. The average molecular weight is 312 g/mol. The Balaban J connectivity index is 1.72. The van der Waals surface area contributed by atoms with Crippen molar-refractivity contribution >= 4 is 17.4 Å². The van der Waals surface area contributed by atoms with Gasteiger partial charge in [0.2, 0.25) is 0 Å². The Bertz CT molecular complexity index is 690. The van der Waals surface area contributed by atoms with E-state index in [2.05, 4.69) is 32.3 Å². The van der Waals surface area contributed by atoms with Crippen LogP contribution < -0.4 is 10.2 Å². The number of ether oxygens (including phenoxy) is 1. The molecule has 0 aliphatic carbocycles. The number of carbonyl (C=O) groups excluding carboxylic acids is 1. The molecular formula is C17H20N4O2. The van der Waals surface area contributed by atoms with Gasteiger partial charge in [-0.15, -0.1) is 0 Å². The van der Waals surface area contributed by atoms with E-state index >= 15 is 0 Å². The lowest BCUT2D eigenvalue weighted by Crippen LogP contribution is -2.26. The Morgan fingerprint density at radius 3 is 3.09 bits per heavy atom. The quantitative estimate of drug-likeness (QED) is 0.826. The van der Waals surface area contributed by atoms with Gasteiger partial charge in [-0.05, 0) is 24.5 Å². The second-order valence-electron chi connectivity index (χ2n) is 5.39. The standard InChI is InChI=1S/C17H20N4O2/c1-23-10-4-8-18-17(22)14-11-16(20-12-19-14)21-9-7-13-5-2-3-6-15(13)21/h2-3,5-6,11-12H,4,7-10H2,1H3,(H,18,22). The van der Waals surface area contributed by atoms with Gasteiger partial charge in [0.05, 0.1) is 0 Å². The van der Waals surface area contributed by atoms with Crippen LogP contribution in [0.4, 0.5) is 11.5 Å². The Morgan fingerprint density at radius 2 is 2.22 bits per heavy atom. The summed E-state index contributed by atoms with van der Waals surface area (Å²) in [5.41, 5.74) is 2.84. The SMILES string of the molecule is COCCCNC(=O)c1cc(N2CCc3ccccc32)ncn1. The molecule has 0 atom stereocenters. The van der Waals surface area contributed by atoms with Gasteiger partial charge >= 0.3 is 0 Å². The van der Waals surface area contributed by atoms with Crippen LogP contribution in [0.15, 0.2) is 36.7 Å². The maximum atomic E-state index is 12.2. The highest BCUT2D eigenvalue weighted by Crippen LogP contribution is 2.32. The summed E-state index contributed by atoms with van der Waals surface area (Å²) in [6.45, 7) is 2.06. The lowest BCUT2D eigenvalue weighted by atomic mass is 10.2. The van der Waals surface area contributed by atoms with Crippen molar-refractivity contribution in [3.05, 3.63) is 47.9 Å². The number of para-hydroxylation sites is 1. The minimum atomic E-state index is -0.183. The first-order chi connectivity index (χ1) is 11.3. The van der Waals surface area contributed by atoms with Crippen LogP contribution in [0.1, 0.15) is 22.5 Å². The molecular weight excluding hydrogens is 292 g/mol. The van der Waals surface area contributed by atoms with E-state index in [1.54, 1.807) is 13.2 Å². The summed E-state index contributed by atoms with van der Waals surface area (Å²) in [7, 11) is 1.65. The van der Waals surface area contributed by atoms with Crippen LogP contribution in [-0.4, -0.2) is 42.7 Å². The zero-order chi connectivity index (χ0) is 16.1. The summed E-state index contributed by atoms with van der Waals surface area (Å²) in [4.78, 5) is 22.7. The molecule has 2 heterocycles. The number of hydrogen-bond acceptors (Lipinski definition) is 5. The summed E-state index contributed by atoms with van der Waals surface area (Å²) in [6, 6.07) is 10.0. The maximum Gasteiger partial charge on any atom is 0.270 e. The topological polar surface area (TPSA) is 67.3 Å². The van der Waals surface area contributed by atoms with E-state index in [9.17, 15) is 4.79 Å². The van der Waals surface area contributed by atoms with Gasteiger partial charge in [0.15, 0.2) is 0 Å². The maximum absolute atomic E-state index is 12.2. The van der Waals surface area contributed by atoms with E-state index in [1.165, 1.54) is 11.9 Å². The molecule has 0 unspecified atom stereocenters. The van der Waals surface area contributed by atoms with Crippen LogP contribution in [0, 0.1) is 0 Å². The van der Waals surface area contributed by atoms with Crippen LogP contribution >= 0.6 is 0 Å². The number of aromatic nitrogens is 2. The van der Waals surface area contributed by atoms with Crippen molar-refractivity contribution in [3.63, 3.8) is 0 Å². The number of fused-ring (bicyclic) bond motifs is 1. The normalized spacial score (nSPS) is 13.0. The Kier molecular flexibility index (Phi) is 4.83. The van der Waals surface area contributed by atoms with Crippen LogP contribution in [0.2, 0.25) is 0 Å². The first kappa shape index (κ1) is 15.4. The first-order valence-electron chi connectivity index (χ1n) is 7.74. The van der Waals surface area contributed by atoms with E-state index in [0.29, 0.717) is 18.8 Å². The number of carbonyl (C=O) groups is 1. The number of nitrogens with one attached hydrogen (secondary N) is 1. The van der Waals surface area contributed by atoms with E-state index in [-0.39, 0.29) is 5.91 Å². The van der Waals surface area contributed by atoms with Gasteiger partial charge < -0.3 is 15.0 Å². The zero-order valence-electron chi connectivity index (χ0n) is 13.2. The molecule has 0 spiro atoms. The molecule has 2 aromatic rings. The molecule has 1 amide bonds. The van der Waals surface area contributed by atoms with E-state index in [1.807, 2.05) is 12.1 Å². The predicted molar refractivity (Wildman–Crippen MR) is 88.0 cm³/mol.